The van der Waals surface area contributed by atoms with Crippen molar-refractivity contribution in [3.8, 4) is 0 Å². The molecule has 82 valence electrons. The average molecular weight is 207 g/mol. The summed E-state index contributed by atoms with van der Waals surface area (Å²) in [6, 6.07) is 2.44. The highest BCUT2D eigenvalue weighted by Crippen LogP contribution is 2.21. The van der Waals surface area contributed by atoms with E-state index >= 15 is 0 Å². The fourth-order valence-corrected chi connectivity index (χ4v) is 2.15. The van der Waals surface area contributed by atoms with Gasteiger partial charge >= 0.3 is 5.69 Å². The van der Waals surface area contributed by atoms with Crippen LogP contribution < -0.4 is 10.6 Å². The van der Waals surface area contributed by atoms with Crippen LogP contribution in [0.4, 0.5) is 5.82 Å². The molecule has 1 atom stereocenters. The highest BCUT2D eigenvalue weighted by atomic mass is 16.1. The number of H-pyrrole nitrogens is 1. The zero-order valence-electron chi connectivity index (χ0n) is 9.29. The number of aryl methyl sites for hydroxylation is 1. The molecule has 0 aliphatic carbocycles. The number of nitrogens with one attached hydrogen (secondary N) is 1. The lowest BCUT2D eigenvalue weighted by molar-refractivity contribution is 0.480. The topological polar surface area (TPSA) is 49.0 Å². The first-order valence-corrected chi connectivity index (χ1v) is 5.51. The Balaban J connectivity index is 2.31. The van der Waals surface area contributed by atoms with Crippen LogP contribution in [0.1, 0.15) is 31.9 Å². The largest absolute Gasteiger partial charge is 0.354 e. The van der Waals surface area contributed by atoms with E-state index in [1.807, 2.05) is 13.0 Å². The van der Waals surface area contributed by atoms with Crippen molar-refractivity contribution >= 4 is 5.82 Å². The predicted molar refractivity (Wildman–Crippen MR) is 60.3 cm³/mol. The van der Waals surface area contributed by atoms with Gasteiger partial charge in [0, 0.05) is 18.3 Å². The summed E-state index contributed by atoms with van der Waals surface area (Å²) in [5.41, 5.74) is 0.630. The molecule has 0 amide bonds. The number of nitrogens with zero attached hydrogens (tertiary/aromatic N) is 2. The van der Waals surface area contributed by atoms with Gasteiger partial charge in [-0.05, 0) is 39.2 Å². The number of rotatable bonds is 1. The second kappa shape index (κ2) is 4.04. The Morgan fingerprint density at radius 3 is 3.00 bits per heavy atom. The van der Waals surface area contributed by atoms with Crippen molar-refractivity contribution in [1.82, 2.24) is 9.97 Å². The minimum atomic E-state index is -0.247. The molecule has 1 saturated heterocycles. The van der Waals surface area contributed by atoms with Gasteiger partial charge in [0.25, 0.3) is 0 Å². The summed E-state index contributed by atoms with van der Waals surface area (Å²) in [6.45, 7) is 5.09. The minimum absolute atomic E-state index is 0.247. The second-order valence-electron chi connectivity index (χ2n) is 4.27. The smallest absolute Gasteiger partial charge is 0.347 e. The summed E-state index contributed by atoms with van der Waals surface area (Å²) in [5.74, 6) is 0.823. The molecule has 0 spiro atoms. The maximum atomic E-state index is 11.3. The third-order valence-electron chi connectivity index (χ3n) is 2.96. The standard InChI is InChI=1S/C11H17N3O/c1-8-7-10(13-11(15)12-8)14-6-4-3-5-9(14)2/h7,9H,3-6H2,1-2H3,(H,12,13,15). The van der Waals surface area contributed by atoms with E-state index in [-0.39, 0.29) is 5.69 Å². The Hall–Kier alpha value is -1.32. The van der Waals surface area contributed by atoms with Crippen LogP contribution in [0.2, 0.25) is 0 Å². The van der Waals surface area contributed by atoms with Gasteiger partial charge in [-0.15, -0.1) is 0 Å². The molecule has 15 heavy (non-hydrogen) atoms. The number of piperidine rings is 1. The molecular weight excluding hydrogens is 190 g/mol. The van der Waals surface area contributed by atoms with Gasteiger partial charge in [0.15, 0.2) is 0 Å². The van der Waals surface area contributed by atoms with Crippen LogP contribution in [0.5, 0.6) is 0 Å². The maximum Gasteiger partial charge on any atom is 0.347 e. The Kier molecular flexibility index (Phi) is 2.75. The maximum absolute atomic E-state index is 11.3. The molecule has 1 aromatic rings. The van der Waals surface area contributed by atoms with E-state index in [1.54, 1.807) is 0 Å². The average Bonchev–Trinajstić information content (AvgIpc) is 2.16. The Labute approximate surface area is 89.3 Å². The number of aromatic amines is 1. The number of hydrogen-bond donors (Lipinski definition) is 1. The molecule has 1 aromatic heterocycles. The zero-order valence-corrected chi connectivity index (χ0v) is 9.29. The SMILES string of the molecule is Cc1cc(N2CCCCC2C)nc(=O)[nH]1. The van der Waals surface area contributed by atoms with Crippen molar-refractivity contribution in [2.24, 2.45) is 0 Å². The van der Waals surface area contributed by atoms with Crippen molar-refractivity contribution in [2.75, 3.05) is 11.4 Å². The first-order chi connectivity index (χ1) is 7.16. The van der Waals surface area contributed by atoms with E-state index in [4.69, 9.17) is 0 Å². The van der Waals surface area contributed by atoms with Crippen LogP contribution in [0.15, 0.2) is 10.9 Å². The summed E-state index contributed by atoms with van der Waals surface area (Å²) >= 11 is 0. The highest BCUT2D eigenvalue weighted by molar-refractivity contribution is 5.40. The van der Waals surface area contributed by atoms with Gasteiger partial charge < -0.3 is 9.88 Å². The van der Waals surface area contributed by atoms with Gasteiger partial charge in [0.2, 0.25) is 0 Å². The summed E-state index contributed by atoms with van der Waals surface area (Å²) in [6.07, 6.45) is 3.66. The highest BCUT2D eigenvalue weighted by Gasteiger charge is 2.19. The normalized spacial score (nSPS) is 21.7. The summed E-state index contributed by atoms with van der Waals surface area (Å²) in [7, 11) is 0. The van der Waals surface area contributed by atoms with Gasteiger partial charge in [-0.25, -0.2) is 4.79 Å². The Bertz CT molecular complexity index is 399. The molecule has 1 fully saturated rings. The van der Waals surface area contributed by atoms with E-state index in [0.717, 1.165) is 18.1 Å². The van der Waals surface area contributed by atoms with Gasteiger partial charge in [-0.2, -0.15) is 4.98 Å². The minimum Gasteiger partial charge on any atom is -0.354 e. The van der Waals surface area contributed by atoms with Crippen molar-refractivity contribution in [3.63, 3.8) is 0 Å². The van der Waals surface area contributed by atoms with Crippen LogP contribution in [0.25, 0.3) is 0 Å². The van der Waals surface area contributed by atoms with Gasteiger partial charge in [-0.1, -0.05) is 0 Å². The lowest BCUT2D eigenvalue weighted by Gasteiger charge is -2.34. The summed E-state index contributed by atoms with van der Waals surface area (Å²) in [5, 5.41) is 0. The molecule has 2 heterocycles. The van der Waals surface area contributed by atoms with Crippen molar-refractivity contribution in [1.29, 1.82) is 0 Å². The Morgan fingerprint density at radius 1 is 1.53 bits per heavy atom. The van der Waals surface area contributed by atoms with Crippen LogP contribution in [-0.2, 0) is 0 Å². The lowest BCUT2D eigenvalue weighted by Crippen LogP contribution is -2.39. The fraction of sp³-hybridized carbons (Fsp3) is 0.636. The van der Waals surface area contributed by atoms with Gasteiger partial charge in [0.05, 0.1) is 0 Å². The van der Waals surface area contributed by atoms with Crippen LogP contribution in [0, 0.1) is 6.92 Å². The van der Waals surface area contributed by atoms with Crippen LogP contribution in [-0.4, -0.2) is 22.6 Å². The first kappa shape index (κ1) is 10.2. The van der Waals surface area contributed by atoms with E-state index in [0.29, 0.717) is 6.04 Å². The first-order valence-electron chi connectivity index (χ1n) is 5.51. The van der Waals surface area contributed by atoms with Gasteiger partial charge in [0.1, 0.15) is 5.82 Å². The summed E-state index contributed by atoms with van der Waals surface area (Å²) < 4.78 is 0. The number of hydrogen-bond acceptors (Lipinski definition) is 3. The third-order valence-corrected chi connectivity index (χ3v) is 2.96. The molecule has 0 aromatic carbocycles. The molecule has 4 heteroatoms. The molecule has 4 nitrogen and oxygen atoms in total. The molecule has 1 aliphatic heterocycles. The Morgan fingerprint density at radius 2 is 2.33 bits per heavy atom. The van der Waals surface area contributed by atoms with Crippen molar-refractivity contribution in [2.45, 2.75) is 39.2 Å². The molecule has 1 aliphatic rings. The van der Waals surface area contributed by atoms with Crippen LogP contribution >= 0.6 is 0 Å². The predicted octanol–water partition coefficient (Wildman–Crippen LogP) is 1.46. The van der Waals surface area contributed by atoms with E-state index in [1.165, 1.54) is 19.3 Å². The lowest BCUT2D eigenvalue weighted by atomic mass is 10.0. The molecule has 1 N–H and O–H groups in total. The number of aromatic nitrogens is 2. The number of anilines is 1. The molecule has 0 bridgehead atoms. The monoisotopic (exact) mass is 207 g/mol. The molecular formula is C11H17N3O. The fourth-order valence-electron chi connectivity index (χ4n) is 2.15. The van der Waals surface area contributed by atoms with E-state index < -0.39 is 0 Å². The molecule has 1 unspecified atom stereocenters. The van der Waals surface area contributed by atoms with Crippen molar-refractivity contribution in [3.05, 3.63) is 22.2 Å². The van der Waals surface area contributed by atoms with Crippen molar-refractivity contribution < 1.29 is 0 Å². The summed E-state index contributed by atoms with van der Waals surface area (Å²) in [4.78, 5) is 20.2. The zero-order chi connectivity index (χ0) is 10.8. The van der Waals surface area contributed by atoms with E-state index in [9.17, 15) is 4.79 Å². The molecule has 2 rings (SSSR count). The molecule has 0 radical (unpaired) electrons. The third kappa shape index (κ3) is 2.19. The van der Waals surface area contributed by atoms with Gasteiger partial charge in [-0.3, -0.25) is 0 Å². The van der Waals surface area contributed by atoms with Crippen LogP contribution in [0.3, 0.4) is 0 Å². The second-order valence-corrected chi connectivity index (χ2v) is 4.27. The molecule has 0 saturated carbocycles. The van der Waals surface area contributed by atoms with E-state index in [2.05, 4.69) is 21.8 Å². The quantitative estimate of drug-likeness (QED) is 0.758.